The lowest BCUT2D eigenvalue weighted by Crippen LogP contribution is -2.51. The van der Waals surface area contributed by atoms with Crippen LogP contribution in [0, 0.1) is 0 Å². The molecule has 2 heterocycles. The van der Waals surface area contributed by atoms with E-state index < -0.39 is 37.0 Å². The number of aliphatic hydroxyl groups excluding tert-OH is 2. The summed E-state index contributed by atoms with van der Waals surface area (Å²) >= 11 is 0. The van der Waals surface area contributed by atoms with Gasteiger partial charge in [0.1, 0.15) is 35.9 Å². The Balaban J connectivity index is 1.51. The van der Waals surface area contributed by atoms with Crippen molar-refractivity contribution < 1.29 is 39.4 Å². The zero-order valence-electron chi connectivity index (χ0n) is 14.9. The lowest BCUT2D eigenvalue weighted by atomic mass is 10.0. The molecule has 4 rings (SSSR count). The summed E-state index contributed by atoms with van der Waals surface area (Å²) in [4.78, 5) is 0. The van der Waals surface area contributed by atoms with Crippen LogP contribution in [0.2, 0.25) is 0 Å². The highest BCUT2D eigenvalue weighted by atomic mass is 16.8. The highest BCUT2D eigenvalue weighted by molar-refractivity contribution is 5.28. The maximum absolute atomic E-state index is 10.4. The van der Waals surface area contributed by atoms with Crippen molar-refractivity contribution in [2.24, 2.45) is 0 Å². The third-order valence-corrected chi connectivity index (χ3v) is 4.86. The Kier molecular flexibility index (Phi) is 5.49. The molecule has 2 fully saturated rings. The fourth-order valence-electron chi connectivity index (χ4n) is 3.38. The van der Waals surface area contributed by atoms with Gasteiger partial charge in [0.2, 0.25) is 0 Å². The average Bonchev–Trinajstić information content (AvgIpc) is 3.14. The lowest BCUT2D eigenvalue weighted by Gasteiger charge is -2.37. The fourth-order valence-corrected chi connectivity index (χ4v) is 3.38. The molecule has 0 amide bonds. The Hall–Kier alpha value is -2.20. The van der Waals surface area contributed by atoms with Gasteiger partial charge in [-0.15, -0.1) is 0 Å². The summed E-state index contributed by atoms with van der Waals surface area (Å²) in [5.74, 6) is 0.248. The van der Waals surface area contributed by atoms with Gasteiger partial charge in [0.15, 0.2) is 12.6 Å². The highest BCUT2D eigenvalue weighted by Gasteiger charge is 2.47. The molecular weight excluding hydrogens is 368 g/mol. The number of phenols is 2. The molecule has 0 saturated carbocycles. The molecule has 8 heteroatoms. The minimum atomic E-state index is -0.963. The van der Waals surface area contributed by atoms with E-state index in [-0.39, 0.29) is 24.7 Å². The van der Waals surface area contributed by atoms with Crippen LogP contribution in [0.15, 0.2) is 48.5 Å². The first-order valence-corrected chi connectivity index (χ1v) is 9.00. The molecular formula is C20H22O8. The molecule has 6 atom stereocenters. The molecule has 2 aromatic rings. The van der Waals surface area contributed by atoms with E-state index in [1.54, 1.807) is 24.3 Å². The zero-order chi connectivity index (χ0) is 19.7. The molecule has 2 aliphatic rings. The molecule has 150 valence electrons. The summed E-state index contributed by atoms with van der Waals surface area (Å²) in [5, 5.41) is 39.0. The summed E-state index contributed by atoms with van der Waals surface area (Å²) in [7, 11) is 0. The minimum Gasteiger partial charge on any atom is -0.508 e. The standard InChI is InChI=1S/C20H22O8/c21-9-16-18(28-20(26-16)12-3-7-14(23)8-4-12)17-15(24)10-25-19(27-17)11-1-5-13(22)6-2-11/h1-8,15-24H,9-10H2/t15-,16+,17-,18-,19?,20?/m0/s1. The normalized spacial score (nSPS) is 33.1. The van der Waals surface area contributed by atoms with E-state index in [9.17, 15) is 20.4 Å². The van der Waals surface area contributed by atoms with Crippen molar-refractivity contribution in [2.45, 2.75) is 37.0 Å². The summed E-state index contributed by atoms with van der Waals surface area (Å²) in [6.45, 7) is -0.283. The van der Waals surface area contributed by atoms with E-state index in [0.29, 0.717) is 11.1 Å². The van der Waals surface area contributed by atoms with Crippen molar-refractivity contribution in [3.63, 3.8) is 0 Å². The van der Waals surface area contributed by atoms with E-state index >= 15 is 0 Å². The molecule has 4 N–H and O–H groups in total. The Morgan fingerprint density at radius 1 is 0.750 bits per heavy atom. The second-order valence-electron chi connectivity index (χ2n) is 6.81. The maximum atomic E-state index is 10.4. The Morgan fingerprint density at radius 3 is 1.86 bits per heavy atom. The summed E-state index contributed by atoms with van der Waals surface area (Å²) in [6, 6.07) is 12.7. The molecule has 0 radical (unpaired) electrons. The first-order valence-electron chi connectivity index (χ1n) is 9.00. The van der Waals surface area contributed by atoms with Gasteiger partial charge in [-0.3, -0.25) is 0 Å². The number of aliphatic hydroxyl groups is 2. The van der Waals surface area contributed by atoms with E-state index in [2.05, 4.69) is 0 Å². The number of ether oxygens (including phenoxy) is 4. The van der Waals surface area contributed by atoms with Crippen molar-refractivity contribution in [1.29, 1.82) is 0 Å². The van der Waals surface area contributed by atoms with E-state index in [0.717, 1.165) is 0 Å². The van der Waals surface area contributed by atoms with Crippen LogP contribution in [0.1, 0.15) is 23.7 Å². The second-order valence-corrected chi connectivity index (χ2v) is 6.81. The monoisotopic (exact) mass is 390 g/mol. The molecule has 0 aliphatic carbocycles. The quantitative estimate of drug-likeness (QED) is 0.618. The van der Waals surface area contributed by atoms with Gasteiger partial charge in [-0.25, -0.2) is 0 Å². The topological polar surface area (TPSA) is 118 Å². The smallest absolute Gasteiger partial charge is 0.184 e. The Morgan fingerprint density at radius 2 is 1.29 bits per heavy atom. The Bertz CT molecular complexity index is 734. The van der Waals surface area contributed by atoms with Gasteiger partial charge in [0.05, 0.1) is 13.2 Å². The second kappa shape index (κ2) is 8.04. The van der Waals surface area contributed by atoms with Gasteiger partial charge < -0.3 is 39.4 Å². The van der Waals surface area contributed by atoms with Crippen molar-refractivity contribution in [2.75, 3.05) is 13.2 Å². The number of hydrogen-bond donors (Lipinski definition) is 4. The van der Waals surface area contributed by atoms with Crippen LogP contribution < -0.4 is 0 Å². The predicted molar refractivity (Wildman–Crippen MR) is 95.4 cm³/mol. The largest absolute Gasteiger partial charge is 0.508 e. The summed E-state index contributed by atoms with van der Waals surface area (Å²) in [5.41, 5.74) is 1.36. The van der Waals surface area contributed by atoms with Crippen LogP contribution in [-0.4, -0.2) is 58.1 Å². The van der Waals surface area contributed by atoms with Crippen molar-refractivity contribution in [3.8, 4) is 11.5 Å². The molecule has 0 aromatic heterocycles. The molecule has 8 nitrogen and oxygen atoms in total. The van der Waals surface area contributed by atoms with Crippen LogP contribution in [0.5, 0.6) is 11.5 Å². The van der Waals surface area contributed by atoms with Gasteiger partial charge in [0.25, 0.3) is 0 Å². The summed E-state index contributed by atoms with van der Waals surface area (Å²) < 4.78 is 23.2. The van der Waals surface area contributed by atoms with Crippen LogP contribution >= 0.6 is 0 Å². The number of aromatic hydroxyl groups is 2. The zero-order valence-corrected chi connectivity index (χ0v) is 14.9. The van der Waals surface area contributed by atoms with Gasteiger partial charge in [0, 0.05) is 11.1 Å². The number of phenolic OH excluding ortho intramolecular Hbond substituents is 2. The highest BCUT2D eigenvalue weighted by Crippen LogP contribution is 2.38. The minimum absolute atomic E-state index is 0.0259. The first kappa shape index (κ1) is 19.1. The van der Waals surface area contributed by atoms with Crippen LogP contribution in [-0.2, 0) is 18.9 Å². The van der Waals surface area contributed by atoms with Crippen molar-refractivity contribution >= 4 is 0 Å². The molecule has 28 heavy (non-hydrogen) atoms. The molecule has 2 unspecified atom stereocenters. The maximum Gasteiger partial charge on any atom is 0.184 e. The molecule has 2 aliphatic heterocycles. The lowest BCUT2D eigenvalue weighted by molar-refractivity contribution is -0.279. The molecule has 2 aromatic carbocycles. The fraction of sp³-hybridized carbons (Fsp3) is 0.400. The molecule has 0 bridgehead atoms. The van der Waals surface area contributed by atoms with E-state index in [1.807, 2.05) is 0 Å². The number of rotatable bonds is 4. The van der Waals surface area contributed by atoms with E-state index in [1.165, 1.54) is 24.3 Å². The SMILES string of the molecule is OC[C@H]1OC(c2ccc(O)cc2)O[C@@H]1[C@H]1OC(c2ccc(O)cc2)OC[C@@H]1O. The third-order valence-electron chi connectivity index (χ3n) is 4.86. The first-order chi connectivity index (χ1) is 13.5. The van der Waals surface area contributed by atoms with Gasteiger partial charge >= 0.3 is 0 Å². The summed E-state index contributed by atoms with van der Waals surface area (Å²) in [6.07, 6.45) is -4.67. The third kappa shape index (κ3) is 3.83. The van der Waals surface area contributed by atoms with Gasteiger partial charge in [-0.1, -0.05) is 24.3 Å². The molecule has 2 saturated heterocycles. The number of benzene rings is 2. The van der Waals surface area contributed by atoms with Crippen LogP contribution in [0.3, 0.4) is 0 Å². The molecule has 0 spiro atoms. The predicted octanol–water partition coefficient (Wildman–Crippen LogP) is 1.35. The Labute approximate surface area is 161 Å². The van der Waals surface area contributed by atoms with Crippen LogP contribution in [0.4, 0.5) is 0 Å². The van der Waals surface area contributed by atoms with Gasteiger partial charge in [-0.05, 0) is 24.3 Å². The van der Waals surface area contributed by atoms with E-state index in [4.69, 9.17) is 18.9 Å². The van der Waals surface area contributed by atoms with Crippen LogP contribution in [0.25, 0.3) is 0 Å². The number of hydrogen-bond acceptors (Lipinski definition) is 8. The van der Waals surface area contributed by atoms with Crippen molar-refractivity contribution in [1.82, 2.24) is 0 Å². The average molecular weight is 390 g/mol. The van der Waals surface area contributed by atoms with Crippen molar-refractivity contribution in [3.05, 3.63) is 59.7 Å². The van der Waals surface area contributed by atoms with Gasteiger partial charge in [-0.2, -0.15) is 0 Å².